The molecular formula is C28H35BrFN5O2. The van der Waals surface area contributed by atoms with Gasteiger partial charge in [-0.25, -0.2) is 4.39 Å². The normalized spacial score (nSPS) is 14.6. The number of piperidine rings is 1. The lowest BCUT2D eigenvalue weighted by molar-refractivity contribution is 0.236. The number of pyridine rings is 1. The van der Waals surface area contributed by atoms with Gasteiger partial charge in [-0.3, -0.25) is 15.1 Å². The van der Waals surface area contributed by atoms with Crippen molar-refractivity contribution in [3.63, 3.8) is 0 Å². The maximum Gasteiger partial charge on any atom is 0.259 e. The molecule has 3 aromatic rings. The van der Waals surface area contributed by atoms with Crippen LogP contribution in [0.2, 0.25) is 0 Å². The molecule has 1 aromatic heterocycles. The number of H-pyrrole nitrogens is 1. The van der Waals surface area contributed by atoms with Gasteiger partial charge < -0.3 is 19.9 Å². The Morgan fingerprint density at radius 3 is 2.32 bits per heavy atom. The molecule has 0 spiro atoms. The van der Waals surface area contributed by atoms with E-state index in [1.54, 1.807) is 30.5 Å². The van der Waals surface area contributed by atoms with Crippen LogP contribution in [0.25, 0.3) is 0 Å². The maximum absolute atomic E-state index is 13.1. The average molecular weight is 573 g/mol. The fraction of sp³-hybridized carbons (Fsp3) is 0.357. The Balaban J connectivity index is 0.00000186. The van der Waals surface area contributed by atoms with Gasteiger partial charge in [0.15, 0.2) is 0 Å². The number of hydrogen-bond acceptors (Lipinski definition) is 5. The van der Waals surface area contributed by atoms with Crippen LogP contribution in [0.5, 0.6) is 11.5 Å². The molecule has 4 rings (SSSR count). The second kappa shape index (κ2) is 14.1. The quantitative estimate of drug-likeness (QED) is 0.243. The van der Waals surface area contributed by atoms with E-state index in [1.807, 2.05) is 32.9 Å². The van der Waals surface area contributed by atoms with Gasteiger partial charge in [0.2, 0.25) is 0 Å². The van der Waals surface area contributed by atoms with Gasteiger partial charge in [0.25, 0.3) is 5.56 Å². The largest absolute Gasteiger partial charge is 0.457 e. The minimum Gasteiger partial charge on any atom is -0.457 e. The van der Waals surface area contributed by atoms with E-state index in [0.29, 0.717) is 35.6 Å². The standard InChI is InChI=1S/C26H29BrFN5O2.C2H6/c1-17-23(27)15-29-26(34)24(17)25(31-16-30-19-11-13-33(2)14-12-19)32-20-5-9-22(10-6-20)35-21-7-3-18(28)4-8-21;1-2/h3-10,15,19,30H,11-14,16H2,1-2H3,(H,29,34)(H,31,32);1-2H3. The van der Waals surface area contributed by atoms with E-state index in [1.165, 1.54) is 12.1 Å². The predicted molar refractivity (Wildman–Crippen MR) is 152 cm³/mol. The van der Waals surface area contributed by atoms with E-state index in [-0.39, 0.29) is 11.4 Å². The second-order valence-corrected chi connectivity index (χ2v) is 9.47. The maximum atomic E-state index is 13.1. The molecule has 0 bridgehead atoms. The number of benzene rings is 2. The summed E-state index contributed by atoms with van der Waals surface area (Å²) in [6.07, 6.45) is 3.78. The van der Waals surface area contributed by atoms with Gasteiger partial charge in [-0.2, -0.15) is 0 Å². The highest BCUT2D eigenvalue weighted by molar-refractivity contribution is 9.10. The molecule has 3 N–H and O–H groups in total. The first-order valence-electron chi connectivity index (χ1n) is 12.5. The summed E-state index contributed by atoms with van der Waals surface area (Å²) in [4.78, 5) is 22.6. The SMILES string of the molecule is CC.Cc1c(Br)c[nH]c(=O)c1/C(=N\CNC1CCN(C)CC1)Nc1ccc(Oc2ccc(F)cc2)cc1. The highest BCUT2D eigenvalue weighted by Gasteiger charge is 2.17. The van der Waals surface area contributed by atoms with Crippen LogP contribution in [0.1, 0.15) is 37.8 Å². The highest BCUT2D eigenvalue weighted by atomic mass is 79.9. The van der Waals surface area contributed by atoms with Crippen LogP contribution in [-0.4, -0.2) is 48.6 Å². The van der Waals surface area contributed by atoms with Crippen LogP contribution in [0.3, 0.4) is 0 Å². The second-order valence-electron chi connectivity index (χ2n) is 8.62. The minimum atomic E-state index is -0.313. The molecule has 198 valence electrons. The van der Waals surface area contributed by atoms with Crippen LogP contribution in [0.4, 0.5) is 10.1 Å². The van der Waals surface area contributed by atoms with Crippen molar-refractivity contribution in [3.8, 4) is 11.5 Å². The molecule has 0 atom stereocenters. The Kier molecular flexibility index (Phi) is 10.9. The van der Waals surface area contributed by atoms with Crippen molar-refractivity contribution in [1.82, 2.24) is 15.2 Å². The first-order chi connectivity index (χ1) is 17.9. The highest BCUT2D eigenvalue weighted by Crippen LogP contribution is 2.24. The average Bonchev–Trinajstić information content (AvgIpc) is 2.91. The van der Waals surface area contributed by atoms with Gasteiger partial charge >= 0.3 is 0 Å². The molecule has 1 aliphatic rings. The lowest BCUT2D eigenvalue weighted by Crippen LogP contribution is -2.41. The Labute approximate surface area is 226 Å². The van der Waals surface area contributed by atoms with Gasteiger partial charge in [-0.15, -0.1) is 0 Å². The molecule has 9 heteroatoms. The predicted octanol–water partition coefficient (Wildman–Crippen LogP) is 5.90. The monoisotopic (exact) mass is 571 g/mol. The van der Waals surface area contributed by atoms with Gasteiger partial charge in [0.1, 0.15) is 23.2 Å². The Morgan fingerprint density at radius 1 is 1.11 bits per heavy atom. The van der Waals surface area contributed by atoms with Crippen molar-refractivity contribution in [2.24, 2.45) is 4.99 Å². The van der Waals surface area contributed by atoms with Crippen LogP contribution in [0, 0.1) is 12.7 Å². The van der Waals surface area contributed by atoms with Crippen LogP contribution >= 0.6 is 15.9 Å². The van der Waals surface area contributed by atoms with Crippen LogP contribution in [-0.2, 0) is 0 Å². The van der Waals surface area contributed by atoms with E-state index in [9.17, 15) is 9.18 Å². The zero-order valence-corrected chi connectivity index (χ0v) is 23.4. The first kappa shape index (κ1) is 28.6. The molecule has 37 heavy (non-hydrogen) atoms. The third kappa shape index (κ3) is 8.24. The molecule has 1 fully saturated rings. The fourth-order valence-corrected chi connectivity index (χ4v) is 4.23. The van der Waals surface area contributed by atoms with Gasteiger partial charge in [0, 0.05) is 22.4 Å². The Morgan fingerprint density at radius 2 is 1.70 bits per heavy atom. The lowest BCUT2D eigenvalue weighted by atomic mass is 10.1. The summed E-state index contributed by atoms with van der Waals surface area (Å²) < 4.78 is 19.7. The summed E-state index contributed by atoms with van der Waals surface area (Å²) in [6, 6.07) is 13.6. The number of amidine groups is 1. The number of likely N-dealkylation sites (tertiary alicyclic amines) is 1. The topological polar surface area (TPSA) is 81.8 Å². The number of halogens is 2. The number of nitrogens with one attached hydrogen (secondary N) is 3. The molecule has 1 saturated heterocycles. The molecule has 0 saturated carbocycles. The molecule has 7 nitrogen and oxygen atoms in total. The Hall–Kier alpha value is -3.01. The van der Waals surface area contributed by atoms with E-state index >= 15 is 0 Å². The summed E-state index contributed by atoms with van der Waals surface area (Å²) in [6.45, 7) is 8.40. The summed E-state index contributed by atoms with van der Waals surface area (Å²) >= 11 is 3.50. The zero-order valence-electron chi connectivity index (χ0n) is 21.8. The van der Waals surface area contributed by atoms with Crippen molar-refractivity contribution >= 4 is 27.5 Å². The molecular weight excluding hydrogens is 537 g/mol. The number of aromatic amines is 1. The number of rotatable bonds is 7. The van der Waals surface area contributed by atoms with Crippen molar-refractivity contribution in [1.29, 1.82) is 0 Å². The van der Waals surface area contributed by atoms with E-state index in [4.69, 9.17) is 9.73 Å². The smallest absolute Gasteiger partial charge is 0.259 e. The van der Waals surface area contributed by atoms with Crippen molar-refractivity contribution in [2.75, 3.05) is 32.1 Å². The van der Waals surface area contributed by atoms with Crippen LogP contribution < -0.4 is 20.9 Å². The summed E-state index contributed by atoms with van der Waals surface area (Å²) in [7, 11) is 2.13. The first-order valence-corrected chi connectivity index (χ1v) is 13.3. The molecule has 1 aliphatic heterocycles. The Bertz CT molecular complexity index is 1220. The van der Waals surface area contributed by atoms with Crippen molar-refractivity contribution in [3.05, 3.63) is 86.5 Å². The molecule has 0 amide bonds. The number of nitrogens with zero attached hydrogens (tertiary/aromatic N) is 2. The van der Waals surface area contributed by atoms with Gasteiger partial charge in [-0.05, 0) is 110 Å². The molecule has 0 aliphatic carbocycles. The number of anilines is 1. The molecule has 2 heterocycles. The lowest BCUT2D eigenvalue weighted by Gasteiger charge is -2.29. The number of ether oxygens (including phenoxy) is 1. The number of aliphatic imine (C=N–C) groups is 1. The van der Waals surface area contributed by atoms with E-state index in [2.05, 4.69) is 43.5 Å². The van der Waals surface area contributed by atoms with Crippen molar-refractivity contribution < 1.29 is 9.13 Å². The third-order valence-corrected chi connectivity index (χ3v) is 6.85. The van der Waals surface area contributed by atoms with E-state index in [0.717, 1.165) is 41.7 Å². The fourth-order valence-electron chi connectivity index (χ4n) is 3.91. The molecule has 2 aromatic carbocycles. The number of hydrogen-bond donors (Lipinski definition) is 3. The van der Waals surface area contributed by atoms with E-state index < -0.39 is 0 Å². The molecule has 0 radical (unpaired) electrons. The third-order valence-electron chi connectivity index (χ3n) is 6.03. The summed E-state index contributed by atoms with van der Waals surface area (Å²) in [5, 5.41) is 6.80. The summed E-state index contributed by atoms with van der Waals surface area (Å²) in [5.41, 5.74) is 1.83. The van der Waals surface area contributed by atoms with Gasteiger partial charge in [0.05, 0.1) is 12.2 Å². The number of aromatic nitrogens is 1. The van der Waals surface area contributed by atoms with Gasteiger partial charge in [-0.1, -0.05) is 13.8 Å². The summed E-state index contributed by atoms with van der Waals surface area (Å²) in [5.74, 6) is 1.33. The van der Waals surface area contributed by atoms with Crippen molar-refractivity contribution in [2.45, 2.75) is 39.7 Å². The zero-order chi connectivity index (χ0) is 26.8. The van der Waals surface area contributed by atoms with Crippen LogP contribution in [0.15, 0.2) is 69.0 Å². The molecule has 0 unspecified atom stereocenters. The minimum absolute atomic E-state index is 0.215.